The molecule has 0 aliphatic carbocycles. The van der Waals surface area contributed by atoms with Gasteiger partial charge in [-0.05, 0) is 38.1 Å². The third kappa shape index (κ3) is 6.43. The molecule has 0 aliphatic rings. The van der Waals surface area contributed by atoms with Crippen LogP contribution < -0.4 is 4.74 Å². The first-order valence-electron chi connectivity index (χ1n) is 8.03. The first-order chi connectivity index (χ1) is 12.4. The van der Waals surface area contributed by atoms with E-state index >= 15 is 0 Å². The van der Waals surface area contributed by atoms with Crippen LogP contribution in [0.3, 0.4) is 0 Å². The monoisotopic (exact) mass is 363 g/mol. The molecule has 8 nitrogen and oxygen atoms in total. The van der Waals surface area contributed by atoms with E-state index in [1.807, 2.05) is 0 Å². The average molecular weight is 363 g/mol. The van der Waals surface area contributed by atoms with Gasteiger partial charge < -0.3 is 14.2 Å². The van der Waals surface area contributed by atoms with Crippen LogP contribution in [0.15, 0.2) is 24.3 Å². The number of esters is 2. The Morgan fingerprint density at radius 3 is 2.08 bits per heavy atom. The second-order valence-electron chi connectivity index (χ2n) is 5.10. The number of carbonyl (C=O) groups is 2. The number of ether oxygens (including phenoxy) is 3. The topological polar surface area (TPSA) is 105 Å². The minimum absolute atomic E-state index is 0.0336. The molecule has 0 aliphatic heterocycles. The number of rotatable bonds is 8. The molecule has 26 heavy (non-hydrogen) atoms. The molecule has 0 saturated carbocycles. The molecule has 0 N–H and O–H groups in total. The molecule has 1 aromatic rings. The summed E-state index contributed by atoms with van der Waals surface area (Å²) in [5.74, 6) is 1.60. The lowest BCUT2D eigenvalue weighted by atomic mass is 9.92. The summed E-state index contributed by atoms with van der Waals surface area (Å²) in [6.07, 6.45) is 0. The van der Waals surface area contributed by atoms with Gasteiger partial charge in [0.1, 0.15) is 11.7 Å². The molecule has 1 rings (SSSR count). The van der Waals surface area contributed by atoms with Gasteiger partial charge >= 0.3 is 11.9 Å². The van der Waals surface area contributed by atoms with E-state index in [0.717, 1.165) is 0 Å². The maximum absolute atomic E-state index is 12.1. The van der Waals surface area contributed by atoms with Crippen LogP contribution in [0.1, 0.15) is 19.4 Å². The number of carbonyl (C=O) groups excluding carboxylic acids is 2. The summed E-state index contributed by atoms with van der Waals surface area (Å²) >= 11 is 0. The third-order valence-corrected chi connectivity index (χ3v) is 3.32. The zero-order valence-electron chi connectivity index (χ0n) is 14.9. The lowest BCUT2D eigenvalue weighted by Crippen LogP contribution is -2.37. The van der Waals surface area contributed by atoms with Gasteiger partial charge in [-0.25, -0.2) is 0 Å². The van der Waals surface area contributed by atoms with E-state index in [2.05, 4.69) is 11.8 Å². The normalized spacial score (nSPS) is 11.1. The molecule has 0 radical (unpaired) electrons. The number of hydrogen-bond donors (Lipinski definition) is 0. The summed E-state index contributed by atoms with van der Waals surface area (Å²) in [5.41, 5.74) is 0.561. The van der Waals surface area contributed by atoms with Crippen molar-refractivity contribution in [1.82, 2.24) is 0 Å². The lowest BCUT2D eigenvalue weighted by Gasteiger charge is -2.17. The number of nitro groups is 1. The molecule has 0 bridgehead atoms. The Kier molecular flexibility index (Phi) is 8.64. The van der Waals surface area contributed by atoms with E-state index in [9.17, 15) is 19.7 Å². The predicted molar refractivity (Wildman–Crippen MR) is 92.0 cm³/mol. The Bertz CT molecular complexity index is 670. The number of benzene rings is 1. The molecule has 140 valence electrons. The van der Waals surface area contributed by atoms with E-state index < -0.39 is 35.2 Å². The molecule has 0 unspecified atom stereocenters. The third-order valence-electron chi connectivity index (χ3n) is 3.32. The largest absolute Gasteiger partial charge is 0.497 e. The summed E-state index contributed by atoms with van der Waals surface area (Å²) in [5, 5.41) is 11.0. The second kappa shape index (κ2) is 10.7. The molecule has 1 aromatic carbocycles. The summed E-state index contributed by atoms with van der Waals surface area (Å²) in [6.45, 7) is 2.53. The highest BCUT2D eigenvalue weighted by atomic mass is 16.6. The maximum atomic E-state index is 12.1. The van der Waals surface area contributed by atoms with Gasteiger partial charge in [0.25, 0.3) is 0 Å². The molecule has 0 fully saturated rings. The Hall–Kier alpha value is -3.08. The molecule has 0 aromatic heterocycles. The number of methoxy groups -OCH3 is 1. The second-order valence-corrected chi connectivity index (χ2v) is 5.10. The molecule has 0 saturated heterocycles. The smallest absolute Gasteiger partial charge is 0.321 e. The van der Waals surface area contributed by atoms with Gasteiger partial charge in [0.05, 0.1) is 20.3 Å². The van der Waals surface area contributed by atoms with Crippen LogP contribution in [-0.4, -0.2) is 43.7 Å². The van der Waals surface area contributed by atoms with Gasteiger partial charge in [-0.2, -0.15) is 0 Å². The van der Waals surface area contributed by atoms with Crippen molar-refractivity contribution in [2.24, 2.45) is 11.8 Å². The summed E-state index contributed by atoms with van der Waals surface area (Å²) in [7, 11) is 1.52. The van der Waals surface area contributed by atoms with Crippen molar-refractivity contribution >= 4 is 11.9 Å². The molecular weight excluding hydrogens is 342 g/mol. The average Bonchev–Trinajstić information content (AvgIpc) is 2.60. The summed E-state index contributed by atoms with van der Waals surface area (Å²) in [6, 6.07) is 6.69. The van der Waals surface area contributed by atoms with Gasteiger partial charge in [0, 0.05) is 10.5 Å². The summed E-state index contributed by atoms with van der Waals surface area (Å²) < 4.78 is 14.8. The van der Waals surface area contributed by atoms with E-state index in [1.165, 1.54) is 7.11 Å². The Balaban J connectivity index is 3.17. The van der Waals surface area contributed by atoms with Crippen LogP contribution in [0.25, 0.3) is 0 Å². The number of hydrogen-bond acceptors (Lipinski definition) is 7. The first-order valence-corrected chi connectivity index (χ1v) is 8.03. The SMILES string of the molecule is CCOC(=O)C(C(=O)OCC)[C@H](C#Cc1ccc(OC)cc1)C[N+](=O)[O-]. The quantitative estimate of drug-likeness (QED) is 0.227. The fraction of sp³-hybridized carbons (Fsp3) is 0.444. The Labute approximate surface area is 151 Å². The minimum Gasteiger partial charge on any atom is -0.497 e. The predicted octanol–water partition coefficient (Wildman–Crippen LogP) is 1.68. The van der Waals surface area contributed by atoms with Crippen molar-refractivity contribution in [3.05, 3.63) is 39.9 Å². The van der Waals surface area contributed by atoms with Crippen LogP contribution in [-0.2, 0) is 19.1 Å². The molecular formula is C18H21NO7. The van der Waals surface area contributed by atoms with Gasteiger partial charge in [-0.3, -0.25) is 19.7 Å². The van der Waals surface area contributed by atoms with Crippen LogP contribution in [0.5, 0.6) is 5.75 Å². The van der Waals surface area contributed by atoms with Gasteiger partial charge in [0.2, 0.25) is 6.54 Å². The van der Waals surface area contributed by atoms with E-state index in [1.54, 1.807) is 38.1 Å². The van der Waals surface area contributed by atoms with Crippen molar-refractivity contribution in [2.75, 3.05) is 26.9 Å². The molecule has 0 spiro atoms. The van der Waals surface area contributed by atoms with Crippen molar-refractivity contribution in [3.63, 3.8) is 0 Å². The van der Waals surface area contributed by atoms with E-state index in [0.29, 0.717) is 11.3 Å². The highest BCUT2D eigenvalue weighted by Gasteiger charge is 2.39. The fourth-order valence-corrected chi connectivity index (χ4v) is 2.13. The maximum Gasteiger partial charge on any atom is 0.321 e. The Morgan fingerprint density at radius 2 is 1.65 bits per heavy atom. The van der Waals surface area contributed by atoms with Crippen LogP contribution in [0, 0.1) is 33.8 Å². The van der Waals surface area contributed by atoms with Crippen molar-refractivity contribution in [2.45, 2.75) is 13.8 Å². The van der Waals surface area contributed by atoms with Crippen molar-refractivity contribution < 1.29 is 28.7 Å². The highest BCUT2D eigenvalue weighted by Crippen LogP contribution is 2.17. The van der Waals surface area contributed by atoms with Crippen LogP contribution in [0.4, 0.5) is 0 Å². The van der Waals surface area contributed by atoms with Gasteiger partial charge in [-0.15, -0.1) is 0 Å². The fourth-order valence-electron chi connectivity index (χ4n) is 2.13. The molecule has 8 heteroatoms. The number of nitrogens with zero attached hydrogens (tertiary/aromatic N) is 1. The standard InChI is InChI=1S/C18H21NO7/c1-4-25-17(20)16(18(21)26-5-2)14(12-19(22)23)9-6-13-7-10-15(24-3)11-8-13/h7-8,10-11,14,16H,4-5,12H2,1-3H3/t14-/m1/s1. The lowest BCUT2D eigenvalue weighted by molar-refractivity contribution is -0.486. The van der Waals surface area contributed by atoms with Crippen molar-refractivity contribution in [1.29, 1.82) is 0 Å². The first kappa shape index (κ1) is 21.0. The highest BCUT2D eigenvalue weighted by molar-refractivity contribution is 5.95. The zero-order valence-corrected chi connectivity index (χ0v) is 14.9. The minimum atomic E-state index is -1.48. The van der Waals surface area contributed by atoms with E-state index in [-0.39, 0.29) is 13.2 Å². The molecule has 0 amide bonds. The van der Waals surface area contributed by atoms with Gasteiger partial charge in [-0.1, -0.05) is 11.8 Å². The zero-order chi connectivity index (χ0) is 19.5. The van der Waals surface area contributed by atoms with Crippen LogP contribution in [0.2, 0.25) is 0 Å². The summed E-state index contributed by atoms with van der Waals surface area (Å²) in [4.78, 5) is 34.7. The molecule has 0 heterocycles. The molecule has 1 atom stereocenters. The van der Waals surface area contributed by atoms with Crippen molar-refractivity contribution in [3.8, 4) is 17.6 Å². The Morgan fingerprint density at radius 1 is 1.12 bits per heavy atom. The van der Waals surface area contributed by atoms with E-state index in [4.69, 9.17) is 14.2 Å². The van der Waals surface area contributed by atoms with Gasteiger partial charge in [0.15, 0.2) is 5.92 Å². The van der Waals surface area contributed by atoms with Crippen LogP contribution >= 0.6 is 0 Å².